The molecule has 2 heteroatoms. The third-order valence-electron chi connectivity index (χ3n) is 28.1. The van der Waals surface area contributed by atoms with Gasteiger partial charge in [0.1, 0.15) is 23.0 Å². The van der Waals surface area contributed by atoms with Gasteiger partial charge >= 0.3 is 0 Å². The van der Waals surface area contributed by atoms with Crippen molar-refractivity contribution in [2.45, 2.75) is 321 Å². The molecule has 15 rings (SSSR count). The molecule has 0 radical (unpaired) electrons. The molecule has 0 atom stereocenters. The van der Waals surface area contributed by atoms with Gasteiger partial charge in [0.15, 0.2) is 0 Å². The Labute approximate surface area is 757 Å². The van der Waals surface area contributed by atoms with Gasteiger partial charge in [-0.3, -0.25) is 0 Å². The van der Waals surface area contributed by atoms with Crippen LogP contribution >= 0.6 is 0 Å². The van der Waals surface area contributed by atoms with Crippen molar-refractivity contribution in [1.82, 2.24) is 0 Å². The number of unbranched alkanes of at least 4 members (excludes halogenated alkanes) is 36. The van der Waals surface area contributed by atoms with Crippen molar-refractivity contribution in [3.05, 3.63) is 297 Å². The molecular formula is C124H138O2. The van der Waals surface area contributed by atoms with Crippen LogP contribution in [-0.2, 0) is 10.8 Å². The number of fused-ring (bicyclic) bond motifs is 10. The highest BCUT2D eigenvalue weighted by Gasteiger charge is 2.45. The average molecular weight is 1660 g/mol. The lowest BCUT2D eigenvalue weighted by atomic mass is 9.65. The zero-order chi connectivity index (χ0) is 86.2. The zero-order valence-electron chi connectivity index (χ0n) is 76.9. The largest absolute Gasteiger partial charge is 0.454 e. The van der Waals surface area contributed by atoms with E-state index in [2.05, 4.69) is 306 Å². The molecule has 0 saturated carbocycles. The summed E-state index contributed by atoms with van der Waals surface area (Å²) in [6.45, 7) is 9.28. The van der Waals surface area contributed by atoms with Crippen molar-refractivity contribution in [3.63, 3.8) is 0 Å². The quantitative estimate of drug-likeness (QED) is 0.0215. The first kappa shape index (κ1) is 90.1. The lowest BCUT2D eigenvalue weighted by molar-refractivity contribution is 0.335. The standard InChI is InChI=1S/C124H138O2/c1-5-9-13-17-21-25-29-33-37-53-89-123(90-54-38-34-30-26-22-18-14-10-6-2)115-77-57-65-95(81-85-111-103-69-45-41-61-99(103)93-100-62-42-46-70-104(100)111)119(115)125-121-97(67-59-79-117(121)123)83-87-113-107-73-49-51-75-109(107)114(110-76-52-50-74-108(110)113)88-84-98-68-60-80-118-122(98)126-120-96(82-86-112-105-71-47-43-63-101(105)94-102-64-44-48-72-106(102)112)66-58-78-116(120)124(118,91-55-39-35-31-27-23-19-15-11-7-3)92-56-40-36-32-28-24-20-16-12-8-4/h41-52,57-80,93-94H,5-40,53-56,89-92H2,1-4H3. The second kappa shape index (κ2) is 46.6. The maximum absolute atomic E-state index is 7.71. The van der Waals surface area contributed by atoms with E-state index in [4.69, 9.17) is 9.47 Å². The lowest BCUT2D eigenvalue weighted by Crippen LogP contribution is -2.32. The van der Waals surface area contributed by atoms with E-state index in [1.165, 1.54) is 296 Å². The van der Waals surface area contributed by atoms with Crippen LogP contribution in [-0.4, -0.2) is 0 Å². The van der Waals surface area contributed by atoms with Crippen LogP contribution in [0.2, 0.25) is 0 Å². The molecule has 2 nitrogen and oxygen atoms in total. The number of hydrogen-bond donors (Lipinski definition) is 0. The van der Waals surface area contributed by atoms with Gasteiger partial charge in [0.2, 0.25) is 0 Å². The third kappa shape index (κ3) is 21.9. The van der Waals surface area contributed by atoms with Gasteiger partial charge < -0.3 is 9.47 Å². The molecule has 0 aliphatic carbocycles. The van der Waals surface area contributed by atoms with Crippen LogP contribution in [0.15, 0.2) is 231 Å². The molecule has 0 bridgehead atoms. The minimum absolute atomic E-state index is 0.318. The maximum atomic E-state index is 7.71. The zero-order valence-corrected chi connectivity index (χ0v) is 76.9. The Morgan fingerprint density at radius 1 is 0.183 bits per heavy atom. The SMILES string of the molecule is CCCCCCCCCCCCC1(CCCCCCCCCCCC)c2cccc(C#Cc3c4ccccc4cc4ccccc34)c2Oc2c(C#Cc3c4ccccc4c(C#Cc4cccc5c4Oc4c(C#Cc6c7ccccc7cc7ccccc67)cccc4C5(CCCCCCCCCCCC)CCCCCCCCCCCC)c4ccccc34)cccc21. The van der Waals surface area contributed by atoms with E-state index in [0.29, 0.717) is 0 Å². The first-order valence-electron chi connectivity index (χ1n) is 50.2. The van der Waals surface area contributed by atoms with Crippen LogP contribution in [0.5, 0.6) is 23.0 Å². The Kier molecular flexibility index (Phi) is 33.3. The molecule has 13 aromatic carbocycles. The van der Waals surface area contributed by atoms with E-state index in [0.717, 1.165) is 140 Å². The summed E-state index contributed by atoms with van der Waals surface area (Å²) < 4.78 is 15.4. The van der Waals surface area contributed by atoms with Gasteiger partial charge in [-0.05, 0) is 127 Å². The number of benzene rings is 13. The summed E-state index contributed by atoms with van der Waals surface area (Å²) in [5.41, 5.74) is 12.2. The molecule has 2 aliphatic rings. The van der Waals surface area contributed by atoms with Gasteiger partial charge in [-0.1, -0.05) is 526 Å². The van der Waals surface area contributed by atoms with Gasteiger partial charge in [0, 0.05) is 55.3 Å². The third-order valence-corrected chi connectivity index (χ3v) is 28.1. The molecule has 0 spiro atoms. The highest BCUT2D eigenvalue weighted by atomic mass is 16.5. The summed E-state index contributed by atoms with van der Waals surface area (Å²) >= 11 is 0. The van der Waals surface area contributed by atoms with Crippen LogP contribution in [0.4, 0.5) is 0 Å². The minimum atomic E-state index is -0.318. The van der Waals surface area contributed by atoms with Crippen molar-refractivity contribution < 1.29 is 9.47 Å². The normalized spacial score (nSPS) is 12.7. The molecule has 0 unspecified atom stereocenters. The summed E-state index contributed by atoms with van der Waals surface area (Å²) in [6, 6.07) is 84.9. The Bertz CT molecular complexity index is 5490. The van der Waals surface area contributed by atoms with E-state index >= 15 is 0 Å². The van der Waals surface area contributed by atoms with E-state index in [9.17, 15) is 0 Å². The predicted octanol–water partition coefficient (Wildman–Crippen LogP) is 36.2. The molecule has 2 aliphatic heterocycles. The summed E-state index contributed by atoms with van der Waals surface area (Å²) in [4.78, 5) is 0. The minimum Gasteiger partial charge on any atom is -0.454 e. The fraction of sp³-hybridized carbons (Fsp3) is 0.403. The molecular weight excluding hydrogens is 1520 g/mol. The molecule has 0 N–H and O–H groups in total. The fourth-order valence-corrected chi connectivity index (χ4v) is 21.2. The van der Waals surface area contributed by atoms with E-state index in [1.807, 2.05) is 0 Å². The number of hydrogen-bond acceptors (Lipinski definition) is 2. The Morgan fingerprint density at radius 3 is 0.579 bits per heavy atom. The van der Waals surface area contributed by atoms with Crippen molar-refractivity contribution >= 4 is 64.6 Å². The van der Waals surface area contributed by atoms with Crippen LogP contribution in [0.1, 0.15) is 377 Å². The molecule has 0 amide bonds. The second-order valence-corrected chi connectivity index (χ2v) is 37.1. The van der Waals surface area contributed by atoms with Crippen LogP contribution in [0.25, 0.3) is 64.6 Å². The molecule has 0 fully saturated rings. The van der Waals surface area contributed by atoms with E-state index in [1.54, 1.807) is 0 Å². The maximum Gasteiger partial charge on any atom is 0.147 e. The van der Waals surface area contributed by atoms with Crippen molar-refractivity contribution in [1.29, 1.82) is 0 Å². The monoisotopic (exact) mass is 1660 g/mol. The fourth-order valence-electron chi connectivity index (χ4n) is 21.2. The smallest absolute Gasteiger partial charge is 0.147 e. The van der Waals surface area contributed by atoms with E-state index in [-0.39, 0.29) is 10.8 Å². The molecule has 646 valence electrons. The molecule has 126 heavy (non-hydrogen) atoms. The summed E-state index contributed by atoms with van der Waals surface area (Å²) in [5, 5.41) is 13.7. The second-order valence-electron chi connectivity index (χ2n) is 37.1. The summed E-state index contributed by atoms with van der Waals surface area (Å²) in [7, 11) is 0. The van der Waals surface area contributed by atoms with Crippen molar-refractivity contribution in [2.24, 2.45) is 0 Å². The van der Waals surface area contributed by atoms with Crippen LogP contribution in [0, 0.1) is 47.4 Å². The Hall–Kier alpha value is -10.7. The predicted molar refractivity (Wildman–Crippen MR) is 542 cm³/mol. The van der Waals surface area contributed by atoms with Crippen molar-refractivity contribution in [2.75, 3.05) is 0 Å². The number of para-hydroxylation sites is 4. The van der Waals surface area contributed by atoms with Gasteiger partial charge in [-0.15, -0.1) is 0 Å². The van der Waals surface area contributed by atoms with Gasteiger partial charge in [-0.2, -0.15) is 0 Å². The number of rotatable bonds is 44. The summed E-state index contributed by atoms with van der Waals surface area (Å²) in [6.07, 6.45) is 56.0. The van der Waals surface area contributed by atoms with Crippen LogP contribution in [0.3, 0.4) is 0 Å². The lowest BCUT2D eigenvalue weighted by Gasteiger charge is -2.41. The Balaban J connectivity index is 0.823. The number of ether oxygens (including phenoxy) is 2. The average Bonchev–Trinajstić information content (AvgIpc) is 0.720. The van der Waals surface area contributed by atoms with Gasteiger partial charge in [0.05, 0.1) is 22.3 Å². The van der Waals surface area contributed by atoms with Crippen LogP contribution < -0.4 is 9.47 Å². The highest BCUT2D eigenvalue weighted by molar-refractivity contribution is 6.10. The highest BCUT2D eigenvalue weighted by Crippen LogP contribution is 2.58. The first-order valence-corrected chi connectivity index (χ1v) is 50.2. The topological polar surface area (TPSA) is 18.5 Å². The Morgan fingerprint density at radius 2 is 0.365 bits per heavy atom. The molecule has 0 aromatic heterocycles. The van der Waals surface area contributed by atoms with Gasteiger partial charge in [-0.25, -0.2) is 0 Å². The first-order chi connectivity index (χ1) is 62.4. The molecule has 2 heterocycles. The molecule has 0 saturated heterocycles. The molecule has 13 aromatic rings. The van der Waals surface area contributed by atoms with Crippen molar-refractivity contribution in [3.8, 4) is 70.4 Å². The summed E-state index contributed by atoms with van der Waals surface area (Å²) in [5.74, 6) is 34.7. The van der Waals surface area contributed by atoms with Gasteiger partial charge in [0.25, 0.3) is 0 Å². The van der Waals surface area contributed by atoms with E-state index < -0.39 is 0 Å².